The molecule has 0 saturated carbocycles. The predicted octanol–water partition coefficient (Wildman–Crippen LogP) is 3.05. The summed E-state index contributed by atoms with van der Waals surface area (Å²) in [6.07, 6.45) is 3.72. The van der Waals surface area contributed by atoms with Crippen LogP contribution in [0.25, 0.3) is 0 Å². The number of carbonyl (C=O) groups is 1. The smallest absolute Gasteiger partial charge is 0.270 e. The Balaban J connectivity index is 1.92. The van der Waals surface area contributed by atoms with Crippen LogP contribution in [0.4, 0.5) is 22.7 Å². The number of nitrogen functional groups attached to an aromatic ring is 1. The van der Waals surface area contributed by atoms with Crippen LogP contribution in [0.2, 0.25) is 0 Å². The molecule has 10 heteroatoms. The molecule has 0 radical (unpaired) electrons. The molecule has 3 rings (SSSR count). The van der Waals surface area contributed by atoms with Crippen LogP contribution in [0, 0.1) is 10.1 Å². The summed E-state index contributed by atoms with van der Waals surface area (Å²) in [6.45, 7) is 3.16. The number of benzene rings is 2. The van der Waals surface area contributed by atoms with Crippen LogP contribution < -0.4 is 16.0 Å². The molecule has 2 aromatic rings. The van der Waals surface area contributed by atoms with Crippen LogP contribution in [-0.4, -0.2) is 61.9 Å². The Morgan fingerprint density at radius 2 is 2.13 bits per heavy atom. The molecule has 1 saturated heterocycles. The lowest BCUT2D eigenvalue weighted by Crippen LogP contribution is -2.37. The van der Waals surface area contributed by atoms with E-state index in [1.807, 2.05) is 12.3 Å². The third-order valence-corrected chi connectivity index (χ3v) is 5.37. The molecule has 0 spiro atoms. The van der Waals surface area contributed by atoms with Gasteiger partial charge in [-0.3, -0.25) is 19.9 Å². The fourth-order valence-electron chi connectivity index (χ4n) is 3.16. The minimum Gasteiger partial charge on any atom is -0.398 e. The van der Waals surface area contributed by atoms with Crippen molar-refractivity contribution in [2.75, 3.05) is 60.8 Å². The normalized spacial score (nSPS) is 14.0. The molecule has 164 valence electrons. The maximum absolute atomic E-state index is 12.9. The third kappa shape index (κ3) is 5.96. The van der Waals surface area contributed by atoms with Crippen molar-refractivity contribution in [2.45, 2.75) is 0 Å². The number of carbonyl (C=O) groups excluding carboxylic acids is 1. The number of rotatable bonds is 8. The quantitative estimate of drug-likeness (QED) is 0.211. The Morgan fingerprint density at radius 1 is 1.35 bits per heavy atom. The summed E-state index contributed by atoms with van der Waals surface area (Å²) in [5.41, 5.74) is 8.94. The average Bonchev–Trinajstić information content (AvgIpc) is 2.79. The van der Waals surface area contributed by atoms with Gasteiger partial charge < -0.3 is 20.7 Å². The van der Waals surface area contributed by atoms with Gasteiger partial charge in [-0.1, -0.05) is 6.07 Å². The van der Waals surface area contributed by atoms with Gasteiger partial charge in [0.25, 0.3) is 11.6 Å². The number of hydrogen-bond acceptors (Lipinski definition) is 8. The Morgan fingerprint density at radius 3 is 2.84 bits per heavy atom. The van der Waals surface area contributed by atoms with E-state index in [-0.39, 0.29) is 11.3 Å². The topological polar surface area (TPSA) is 123 Å². The van der Waals surface area contributed by atoms with Crippen LogP contribution in [-0.2, 0) is 4.74 Å². The zero-order valence-electron chi connectivity index (χ0n) is 17.2. The number of nitrogens with zero attached hydrogens (tertiary/aromatic N) is 3. The molecule has 1 fully saturated rings. The number of amides is 1. The summed E-state index contributed by atoms with van der Waals surface area (Å²) in [4.78, 5) is 29.9. The SMILES string of the molecule is CSCCN=Cc1cc(NC(=O)c2cccc([N+](=O)[O-])c2)c(N2CCOCC2)cc1N. The molecule has 1 aliphatic rings. The van der Waals surface area contributed by atoms with Crippen LogP contribution in [0.1, 0.15) is 15.9 Å². The van der Waals surface area contributed by atoms with E-state index in [2.05, 4.69) is 15.2 Å². The number of nitro groups is 1. The Hall–Kier alpha value is -3.11. The molecule has 1 amide bonds. The minimum atomic E-state index is -0.525. The van der Waals surface area contributed by atoms with Gasteiger partial charge in [0.1, 0.15) is 0 Å². The first-order chi connectivity index (χ1) is 15.0. The number of ether oxygens (including phenoxy) is 1. The first kappa shape index (κ1) is 22.6. The lowest BCUT2D eigenvalue weighted by atomic mass is 10.1. The number of nitro benzene ring substituents is 1. The lowest BCUT2D eigenvalue weighted by Gasteiger charge is -2.31. The molecular weight excluding hydrogens is 418 g/mol. The van der Waals surface area contributed by atoms with E-state index in [0.717, 1.165) is 11.4 Å². The number of nitrogens with two attached hydrogens (primary N) is 1. The number of thioether (sulfide) groups is 1. The van der Waals surface area contributed by atoms with Gasteiger partial charge in [-0.15, -0.1) is 0 Å². The number of hydrogen-bond donors (Lipinski definition) is 2. The van der Waals surface area contributed by atoms with Gasteiger partial charge in [-0.2, -0.15) is 11.8 Å². The highest BCUT2D eigenvalue weighted by atomic mass is 32.2. The molecule has 31 heavy (non-hydrogen) atoms. The molecule has 1 aliphatic heterocycles. The summed E-state index contributed by atoms with van der Waals surface area (Å²) in [7, 11) is 0. The van der Waals surface area contributed by atoms with E-state index < -0.39 is 10.8 Å². The van der Waals surface area contributed by atoms with Crippen molar-refractivity contribution >= 4 is 46.6 Å². The van der Waals surface area contributed by atoms with Crippen molar-refractivity contribution in [3.05, 3.63) is 57.6 Å². The van der Waals surface area contributed by atoms with Crippen molar-refractivity contribution in [2.24, 2.45) is 4.99 Å². The van der Waals surface area contributed by atoms with E-state index in [1.54, 1.807) is 30.1 Å². The Labute approximate surface area is 184 Å². The second-order valence-corrected chi connectivity index (χ2v) is 7.87. The number of nitrogens with one attached hydrogen (secondary N) is 1. The maximum Gasteiger partial charge on any atom is 0.270 e. The molecule has 2 aromatic carbocycles. The van der Waals surface area contributed by atoms with Gasteiger partial charge in [0.05, 0.1) is 29.5 Å². The van der Waals surface area contributed by atoms with Crippen molar-refractivity contribution < 1.29 is 14.5 Å². The van der Waals surface area contributed by atoms with Crippen LogP contribution in [0.3, 0.4) is 0 Å². The summed E-state index contributed by atoms with van der Waals surface area (Å²) >= 11 is 1.71. The van der Waals surface area contributed by atoms with Crippen molar-refractivity contribution in [3.8, 4) is 0 Å². The summed E-state index contributed by atoms with van der Waals surface area (Å²) in [6, 6.07) is 9.25. The highest BCUT2D eigenvalue weighted by molar-refractivity contribution is 7.98. The first-order valence-electron chi connectivity index (χ1n) is 9.80. The zero-order valence-corrected chi connectivity index (χ0v) is 18.1. The van der Waals surface area contributed by atoms with Gasteiger partial charge in [-0.05, 0) is 24.5 Å². The Bertz CT molecular complexity index is 976. The van der Waals surface area contributed by atoms with Crippen LogP contribution in [0.15, 0.2) is 41.4 Å². The van der Waals surface area contributed by atoms with E-state index in [0.29, 0.717) is 49.8 Å². The fourth-order valence-corrected chi connectivity index (χ4v) is 3.45. The predicted molar refractivity (Wildman–Crippen MR) is 126 cm³/mol. The Kier molecular flexibility index (Phi) is 7.85. The molecule has 1 heterocycles. The maximum atomic E-state index is 12.9. The second kappa shape index (κ2) is 10.8. The molecule has 0 unspecified atom stereocenters. The van der Waals surface area contributed by atoms with E-state index >= 15 is 0 Å². The van der Waals surface area contributed by atoms with Gasteiger partial charge in [-0.25, -0.2) is 0 Å². The summed E-state index contributed by atoms with van der Waals surface area (Å²) in [5, 5.41) is 13.9. The number of anilines is 3. The highest BCUT2D eigenvalue weighted by Gasteiger charge is 2.19. The number of non-ortho nitro benzene ring substituents is 1. The van der Waals surface area contributed by atoms with Crippen LogP contribution >= 0.6 is 11.8 Å². The number of aliphatic imine (C=N–C) groups is 1. The minimum absolute atomic E-state index is 0.139. The lowest BCUT2D eigenvalue weighted by molar-refractivity contribution is -0.384. The second-order valence-electron chi connectivity index (χ2n) is 6.89. The first-order valence-corrected chi connectivity index (χ1v) is 11.2. The third-order valence-electron chi connectivity index (χ3n) is 4.78. The van der Waals surface area contributed by atoms with Gasteiger partial charge in [0, 0.05) is 60.5 Å². The highest BCUT2D eigenvalue weighted by Crippen LogP contribution is 2.32. The molecular formula is C21H25N5O4S. The molecule has 0 atom stereocenters. The van der Waals surface area contributed by atoms with Crippen molar-refractivity contribution in [1.29, 1.82) is 0 Å². The summed E-state index contributed by atoms with van der Waals surface area (Å²) < 4.78 is 5.43. The largest absolute Gasteiger partial charge is 0.398 e. The monoisotopic (exact) mass is 443 g/mol. The van der Waals surface area contributed by atoms with Gasteiger partial charge >= 0.3 is 0 Å². The van der Waals surface area contributed by atoms with E-state index in [1.165, 1.54) is 18.2 Å². The van der Waals surface area contributed by atoms with Crippen LogP contribution in [0.5, 0.6) is 0 Å². The molecule has 0 bridgehead atoms. The van der Waals surface area contributed by atoms with Crippen molar-refractivity contribution in [1.82, 2.24) is 0 Å². The number of morpholine rings is 1. The van der Waals surface area contributed by atoms with E-state index in [9.17, 15) is 14.9 Å². The molecule has 3 N–H and O–H groups in total. The van der Waals surface area contributed by atoms with E-state index in [4.69, 9.17) is 10.5 Å². The fraction of sp³-hybridized carbons (Fsp3) is 0.333. The summed E-state index contributed by atoms with van der Waals surface area (Å²) in [5.74, 6) is 0.465. The molecule has 0 aromatic heterocycles. The zero-order chi connectivity index (χ0) is 22.2. The standard InChI is InChI=1S/C21H25N5O4S/c1-31-10-5-23-14-16-12-19(20(13-18(16)22)25-6-8-30-9-7-25)24-21(27)15-3-2-4-17(11-15)26(28)29/h2-4,11-14H,5-10,22H2,1H3,(H,24,27). The average molecular weight is 444 g/mol. The van der Waals surface area contributed by atoms with Gasteiger partial charge in [0.15, 0.2) is 0 Å². The van der Waals surface area contributed by atoms with Crippen molar-refractivity contribution in [3.63, 3.8) is 0 Å². The molecule has 0 aliphatic carbocycles. The molecule has 9 nitrogen and oxygen atoms in total. The van der Waals surface area contributed by atoms with Gasteiger partial charge in [0.2, 0.25) is 0 Å².